The summed E-state index contributed by atoms with van der Waals surface area (Å²) in [6, 6.07) is 16.4. The summed E-state index contributed by atoms with van der Waals surface area (Å²) in [4.78, 5) is 12.7. The number of ether oxygens (including phenoxy) is 1. The van der Waals surface area contributed by atoms with Crippen LogP contribution in [-0.2, 0) is 10.0 Å². The van der Waals surface area contributed by atoms with E-state index in [1.165, 1.54) is 31.4 Å². The minimum Gasteiger partial charge on any atom is -0.495 e. The van der Waals surface area contributed by atoms with E-state index in [9.17, 15) is 13.2 Å². The van der Waals surface area contributed by atoms with Crippen LogP contribution < -0.4 is 14.8 Å². The molecule has 0 saturated carbocycles. The number of anilines is 2. The van der Waals surface area contributed by atoms with Gasteiger partial charge in [-0.15, -0.1) is 0 Å². The zero-order valence-corrected chi connectivity index (χ0v) is 19.8. The van der Waals surface area contributed by atoms with E-state index >= 15 is 0 Å². The van der Waals surface area contributed by atoms with Crippen LogP contribution in [-0.4, -0.2) is 21.4 Å². The Morgan fingerprint density at radius 3 is 2.41 bits per heavy atom. The quantitative estimate of drug-likeness (QED) is 0.452. The summed E-state index contributed by atoms with van der Waals surface area (Å²) >= 11 is 5.97. The van der Waals surface area contributed by atoms with E-state index in [1.54, 1.807) is 18.2 Å². The minimum absolute atomic E-state index is 0.00217. The van der Waals surface area contributed by atoms with Crippen LogP contribution in [0.4, 0.5) is 11.4 Å². The fraction of sp³-hybridized carbons (Fsp3) is 0.208. The molecule has 0 fully saturated rings. The van der Waals surface area contributed by atoms with Gasteiger partial charge in [0.2, 0.25) is 0 Å². The molecule has 2 N–H and O–H groups in total. The number of carbonyl (C=O) groups is 1. The van der Waals surface area contributed by atoms with Crippen molar-refractivity contribution in [1.29, 1.82) is 0 Å². The Bertz CT molecular complexity index is 1260. The first kappa shape index (κ1) is 23.6. The van der Waals surface area contributed by atoms with E-state index in [1.807, 2.05) is 39.0 Å². The molecule has 0 radical (unpaired) electrons. The van der Waals surface area contributed by atoms with Gasteiger partial charge in [-0.3, -0.25) is 9.52 Å². The van der Waals surface area contributed by atoms with E-state index in [0.29, 0.717) is 22.0 Å². The zero-order chi connectivity index (χ0) is 23.5. The second-order valence-electron chi connectivity index (χ2n) is 7.63. The number of halogens is 1. The van der Waals surface area contributed by atoms with Gasteiger partial charge in [-0.2, -0.15) is 0 Å². The molecule has 0 spiro atoms. The van der Waals surface area contributed by atoms with Crippen molar-refractivity contribution in [1.82, 2.24) is 0 Å². The van der Waals surface area contributed by atoms with E-state index in [2.05, 4.69) is 10.0 Å². The molecule has 0 heterocycles. The largest absolute Gasteiger partial charge is 0.495 e. The third-order valence-electron chi connectivity index (χ3n) is 4.98. The molecule has 168 valence electrons. The molecule has 0 bridgehead atoms. The smallest absolute Gasteiger partial charge is 0.261 e. The van der Waals surface area contributed by atoms with Crippen molar-refractivity contribution in [3.8, 4) is 5.75 Å². The average molecular weight is 473 g/mol. The third-order valence-corrected chi connectivity index (χ3v) is 6.56. The Labute approximate surface area is 193 Å². The van der Waals surface area contributed by atoms with E-state index < -0.39 is 15.9 Å². The van der Waals surface area contributed by atoms with Crippen LogP contribution >= 0.6 is 11.6 Å². The number of hydrogen-bond acceptors (Lipinski definition) is 4. The number of amides is 1. The normalized spacial score (nSPS) is 11.3. The Kier molecular flexibility index (Phi) is 7.11. The molecule has 3 aromatic rings. The van der Waals surface area contributed by atoms with Crippen LogP contribution in [0.25, 0.3) is 0 Å². The molecular weight excluding hydrogens is 448 g/mol. The number of rotatable bonds is 7. The van der Waals surface area contributed by atoms with E-state index in [0.717, 1.165) is 11.1 Å². The van der Waals surface area contributed by atoms with Crippen LogP contribution in [0.5, 0.6) is 5.75 Å². The van der Waals surface area contributed by atoms with Crippen LogP contribution in [0.15, 0.2) is 65.6 Å². The third kappa shape index (κ3) is 5.23. The molecule has 0 unspecified atom stereocenters. The summed E-state index contributed by atoms with van der Waals surface area (Å²) in [7, 11) is -2.48. The number of aryl methyl sites for hydroxylation is 1. The van der Waals surface area contributed by atoms with Gasteiger partial charge in [-0.25, -0.2) is 8.42 Å². The molecule has 0 aliphatic rings. The van der Waals surface area contributed by atoms with Crippen LogP contribution in [0, 0.1) is 6.92 Å². The minimum atomic E-state index is -3.92. The molecule has 0 aliphatic heterocycles. The van der Waals surface area contributed by atoms with Gasteiger partial charge in [0, 0.05) is 10.6 Å². The number of benzene rings is 3. The van der Waals surface area contributed by atoms with Gasteiger partial charge in [0.25, 0.3) is 15.9 Å². The van der Waals surface area contributed by atoms with E-state index in [4.69, 9.17) is 16.3 Å². The highest BCUT2D eigenvalue weighted by molar-refractivity contribution is 7.92. The highest BCUT2D eigenvalue weighted by Gasteiger charge is 2.21. The van der Waals surface area contributed by atoms with Gasteiger partial charge in [-0.05, 0) is 60.4 Å². The molecule has 0 aliphatic carbocycles. The van der Waals surface area contributed by atoms with Gasteiger partial charge < -0.3 is 10.1 Å². The van der Waals surface area contributed by atoms with Crippen molar-refractivity contribution < 1.29 is 17.9 Å². The summed E-state index contributed by atoms with van der Waals surface area (Å²) < 4.78 is 34.4. The highest BCUT2D eigenvalue weighted by atomic mass is 35.5. The molecule has 6 nitrogen and oxygen atoms in total. The standard InChI is InChI=1S/C24H25ClN2O4S/c1-15(2)20-10-5-7-16(3)23(20)27-32(29,30)19-11-12-22(31-4)21(14-19)26-24(28)17-8-6-9-18(25)13-17/h5-15,27H,1-4H3,(H,26,28). The number of para-hydroxylation sites is 1. The van der Waals surface area contributed by atoms with Crippen LogP contribution in [0.1, 0.15) is 41.3 Å². The summed E-state index contributed by atoms with van der Waals surface area (Å²) in [6.45, 7) is 5.86. The lowest BCUT2D eigenvalue weighted by atomic mass is 9.99. The van der Waals surface area contributed by atoms with Crippen molar-refractivity contribution in [2.75, 3.05) is 17.1 Å². The lowest BCUT2D eigenvalue weighted by molar-refractivity contribution is 0.102. The summed E-state index contributed by atoms with van der Waals surface area (Å²) in [6.07, 6.45) is 0. The highest BCUT2D eigenvalue weighted by Crippen LogP contribution is 2.32. The molecule has 3 aromatic carbocycles. The number of nitrogens with one attached hydrogen (secondary N) is 2. The van der Waals surface area contributed by atoms with Gasteiger partial charge >= 0.3 is 0 Å². The number of carbonyl (C=O) groups excluding carboxylic acids is 1. The van der Waals surface area contributed by atoms with Gasteiger partial charge in [0.15, 0.2) is 0 Å². The number of sulfonamides is 1. The fourth-order valence-electron chi connectivity index (χ4n) is 3.28. The Morgan fingerprint density at radius 2 is 1.75 bits per heavy atom. The number of hydrogen-bond donors (Lipinski definition) is 2. The summed E-state index contributed by atoms with van der Waals surface area (Å²) in [5.41, 5.74) is 2.85. The zero-order valence-electron chi connectivity index (χ0n) is 18.3. The molecule has 0 atom stereocenters. The van der Waals surface area contributed by atoms with Gasteiger partial charge in [0.1, 0.15) is 5.75 Å². The first-order chi connectivity index (χ1) is 15.1. The molecule has 8 heteroatoms. The summed E-state index contributed by atoms with van der Waals surface area (Å²) in [5.74, 6) is 0.0309. The molecule has 0 aromatic heterocycles. The van der Waals surface area contributed by atoms with Gasteiger partial charge in [0.05, 0.1) is 23.4 Å². The van der Waals surface area contributed by atoms with Crippen molar-refractivity contribution in [2.45, 2.75) is 31.6 Å². The Balaban J connectivity index is 1.96. The van der Waals surface area contributed by atoms with Crippen molar-refractivity contribution >= 4 is 38.9 Å². The Hall–Kier alpha value is -3.03. The molecule has 0 saturated heterocycles. The lowest BCUT2D eigenvalue weighted by Crippen LogP contribution is -2.17. The predicted octanol–water partition coefficient (Wildman–Crippen LogP) is 5.83. The summed E-state index contributed by atoms with van der Waals surface area (Å²) in [5, 5.41) is 3.13. The number of methoxy groups -OCH3 is 1. The lowest BCUT2D eigenvalue weighted by Gasteiger charge is -2.18. The monoisotopic (exact) mass is 472 g/mol. The molecule has 32 heavy (non-hydrogen) atoms. The maximum Gasteiger partial charge on any atom is 0.261 e. The maximum absolute atomic E-state index is 13.2. The van der Waals surface area contributed by atoms with Crippen molar-refractivity contribution in [3.63, 3.8) is 0 Å². The van der Waals surface area contributed by atoms with E-state index in [-0.39, 0.29) is 16.5 Å². The first-order valence-corrected chi connectivity index (χ1v) is 11.9. The second kappa shape index (κ2) is 9.63. The molecule has 3 rings (SSSR count). The Morgan fingerprint density at radius 1 is 1.03 bits per heavy atom. The van der Waals surface area contributed by atoms with Crippen LogP contribution in [0.2, 0.25) is 5.02 Å². The topological polar surface area (TPSA) is 84.5 Å². The van der Waals surface area contributed by atoms with Gasteiger partial charge in [-0.1, -0.05) is 49.7 Å². The maximum atomic E-state index is 13.2. The predicted molar refractivity (Wildman–Crippen MR) is 128 cm³/mol. The second-order valence-corrected chi connectivity index (χ2v) is 9.74. The van der Waals surface area contributed by atoms with Crippen molar-refractivity contribution in [2.24, 2.45) is 0 Å². The van der Waals surface area contributed by atoms with Crippen molar-refractivity contribution in [3.05, 3.63) is 82.4 Å². The fourth-order valence-corrected chi connectivity index (χ4v) is 4.66. The average Bonchev–Trinajstić information content (AvgIpc) is 2.74. The van der Waals surface area contributed by atoms with Crippen LogP contribution in [0.3, 0.4) is 0 Å². The molecular formula is C24H25ClN2O4S. The SMILES string of the molecule is COc1ccc(S(=O)(=O)Nc2c(C)cccc2C(C)C)cc1NC(=O)c1cccc(Cl)c1. The molecule has 1 amide bonds. The first-order valence-electron chi connectivity index (χ1n) is 9.99.